The van der Waals surface area contributed by atoms with Crippen LogP contribution in [0.4, 0.5) is 17.2 Å². The van der Waals surface area contributed by atoms with Gasteiger partial charge in [-0.15, -0.1) is 11.3 Å². The summed E-state index contributed by atoms with van der Waals surface area (Å²) in [5.74, 6) is 0.812. The highest BCUT2D eigenvalue weighted by atomic mass is 32.1. The number of nitrogens with one attached hydrogen (secondary N) is 2. The smallest absolute Gasteiger partial charge is 0.228 e. The van der Waals surface area contributed by atoms with Gasteiger partial charge >= 0.3 is 0 Å². The number of thiophene rings is 1. The number of benzene rings is 2. The summed E-state index contributed by atoms with van der Waals surface area (Å²) >= 11 is 1.67. The highest BCUT2D eigenvalue weighted by Crippen LogP contribution is 2.37. The highest BCUT2D eigenvalue weighted by Gasteiger charge is 2.18. The Morgan fingerprint density at radius 3 is 2.81 bits per heavy atom. The quantitative estimate of drug-likeness (QED) is 0.562. The van der Waals surface area contributed by atoms with Crippen LogP contribution in [0.3, 0.4) is 0 Å². The maximum Gasteiger partial charge on any atom is 0.228 e. The molecule has 2 aromatic heterocycles. The largest absolute Gasteiger partial charge is 0.339 e. The van der Waals surface area contributed by atoms with E-state index in [0.29, 0.717) is 6.42 Å². The molecule has 0 saturated heterocycles. The van der Waals surface area contributed by atoms with Crippen molar-refractivity contribution in [3.63, 3.8) is 0 Å². The molecule has 2 aromatic carbocycles. The lowest BCUT2D eigenvalue weighted by molar-refractivity contribution is -0.115. The molecule has 5 nitrogen and oxygen atoms in total. The number of carbonyl (C=O) groups is 1. The number of aromatic nitrogens is 2. The summed E-state index contributed by atoms with van der Waals surface area (Å²) in [6, 6.07) is 18.2. The van der Waals surface area contributed by atoms with Gasteiger partial charge in [-0.3, -0.25) is 4.79 Å². The number of amides is 1. The fourth-order valence-electron chi connectivity index (χ4n) is 3.13. The predicted octanol–water partition coefficient (Wildman–Crippen LogP) is 4.60. The van der Waals surface area contributed by atoms with Gasteiger partial charge in [-0.1, -0.05) is 30.3 Å². The Morgan fingerprint density at radius 1 is 1.04 bits per heavy atom. The number of rotatable bonds is 3. The van der Waals surface area contributed by atoms with Crippen molar-refractivity contribution in [2.24, 2.45) is 0 Å². The lowest BCUT2D eigenvalue weighted by atomic mass is 10.1. The van der Waals surface area contributed by atoms with Gasteiger partial charge in [0.25, 0.3) is 0 Å². The Labute approximate surface area is 153 Å². The molecular formula is C20H14N4OS. The highest BCUT2D eigenvalue weighted by molar-refractivity contribution is 7.22. The van der Waals surface area contributed by atoms with Gasteiger partial charge in [-0.25, -0.2) is 9.97 Å². The van der Waals surface area contributed by atoms with Crippen molar-refractivity contribution in [3.8, 4) is 10.4 Å². The molecule has 0 fully saturated rings. The van der Waals surface area contributed by atoms with Gasteiger partial charge in [0.05, 0.1) is 16.6 Å². The lowest BCUT2D eigenvalue weighted by Crippen LogP contribution is -2.03. The lowest BCUT2D eigenvalue weighted by Gasteiger charge is -2.07. The number of nitrogens with zero attached hydrogens (tertiary/aromatic N) is 2. The average Bonchev–Trinajstić information content (AvgIpc) is 3.25. The topological polar surface area (TPSA) is 66.9 Å². The van der Waals surface area contributed by atoms with E-state index in [-0.39, 0.29) is 5.91 Å². The van der Waals surface area contributed by atoms with Crippen LogP contribution in [0.1, 0.15) is 5.56 Å². The number of hydrogen-bond donors (Lipinski definition) is 2. The minimum atomic E-state index is 0.0346. The van der Waals surface area contributed by atoms with E-state index in [0.717, 1.165) is 37.8 Å². The Kier molecular flexibility index (Phi) is 3.43. The molecule has 0 atom stereocenters. The number of hydrogen-bond acceptors (Lipinski definition) is 5. The Bertz CT molecular complexity index is 1140. The van der Waals surface area contributed by atoms with Gasteiger partial charge in [0.15, 0.2) is 5.82 Å². The molecule has 0 saturated carbocycles. The molecule has 5 rings (SSSR count). The van der Waals surface area contributed by atoms with Crippen molar-refractivity contribution in [3.05, 3.63) is 66.5 Å². The molecule has 126 valence electrons. The third-order valence-electron chi connectivity index (χ3n) is 4.36. The molecule has 0 radical (unpaired) electrons. The third-order valence-corrected chi connectivity index (χ3v) is 5.54. The Hall–Kier alpha value is -3.25. The molecule has 6 heteroatoms. The van der Waals surface area contributed by atoms with Gasteiger partial charge in [-0.2, -0.15) is 0 Å². The van der Waals surface area contributed by atoms with E-state index in [1.54, 1.807) is 17.7 Å². The number of carbonyl (C=O) groups excluding carboxylic acids is 1. The minimum Gasteiger partial charge on any atom is -0.339 e. The van der Waals surface area contributed by atoms with Crippen LogP contribution in [0, 0.1) is 0 Å². The summed E-state index contributed by atoms with van der Waals surface area (Å²) in [6.07, 6.45) is 1.99. The fraction of sp³-hybridized carbons (Fsp3) is 0.0500. The summed E-state index contributed by atoms with van der Waals surface area (Å²) in [6.45, 7) is 0. The molecule has 1 aliphatic heterocycles. The first-order valence-corrected chi connectivity index (χ1v) is 9.08. The standard InChI is InChI=1S/C20H14N4OS/c25-18-9-13-8-14(6-7-15(13)24-18)23-20-19-16(21-11-22-20)10-17(26-19)12-4-2-1-3-5-12/h1-8,10-11H,9H2,(H,24,25)(H,21,22,23). The predicted molar refractivity (Wildman–Crippen MR) is 105 cm³/mol. The summed E-state index contributed by atoms with van der Waals surface area (Å²) in [5, 5.41) is 6.23. The molecule has 0 unspecified atom stereocenters. The van der Waals surface area contributed by atoms with E-state index in [9.17, 15) is 4.79 Å². The monoisotopic (exact) mass is 358 g/mol. The average molecular weight is 358 g/mol. The summed E-state index contributed by atoms with van der Waals surface area (Å²) < 4.78 is 1.01. The van der Waals surface area contributed by atoms with Crippen molar-refractivity contribution >= 4 is 44.7 Å². The zero-order valence-corrected chi connectivity index (χ0v) is 14.5. The zero-order chi connectivity index (χ0) is 17.5. The molecule has 1 aliphatic rings. The zero-order valence-electron chi connectivity index (χ0n) is 13.7. The van der Waals surface area contributed by atoms with E-state index >= 15 is 0 Å². The van der Waals surface area contributed by atoms with Crippen LogP contribution in [0.15, 0.2) is 60.9 Å². The first kappa shape index (κ1) is 15.0. The maximum atomic E-state index is 11.5. The van der Waals surface area contributed by atoms with Gasteiger partial charge < -0.3 is 10.6 Å². The van der Waals surface area contributed by atoms with Crippen molar-refractivity contribution < 1.29 is 4.79 Å². The summed E-state index contributed by atoms with van der Waals surface area (Å²) in [5.41, 5.74) is 4.89. The van der Waals surface area contributed by atoms with Crippen LogP contribution in [0.2, 0.25) is 0 Å². The summed E-state index contributed by atoms with van der Waals surface area (Å²) in [4.78, 5) is 21.5. The van der Waals surface area contributed by atoms with Gasteiger partial charge in [0.2, 0.25) is 5.91 Å². The molecule has 4 aromatic rings. The number of fused-ring (bicyclic) bond motifs is 2. The van der Waals surface area contributed by atoms with Crippen molar-refractivity contribution in [2.75, 3.05) is 10.6 Å². The van der Waals surface area contributed by atoms with Crippen LogP contribution in [-0.2, 0) is 11.2 Å². The van der Waals surface area contributed by atoms with Crippen molar-refractivity contribution in [1.29, 1.82) is 0 Å². The SMILES string of the molecule is O=C1Cc2cc(Nc3ncnc4cc(-c5ccccc5)sc34)ccc2N1. The van der Waals surface area contributed by atoms with E-state index in [2.05, 4.69) is 38.8 Å². The van der Waals surface area contributed by atoms with Gasteiger partial charge in [-0.05, 0) is 35.4 Å². The molecule has 0 bridgehead atoms. The Morgan fingerprint density at radius 2 is 1.92 bits per heavy atom. The molecule has 0 aliphatic carbocycles. The number of anilines is 3. The minimum absolute atomic E-state index is 0.0346. The summed E-state index contributed by atoms with van der Waals surface area (Å²) in [7, 11) is 0. The molecule has 3 heterocycles. The van der Waals surface area contributed by atoms with Crippen LogP contribution in [0.25, 0.3) is 20.7 Å². The van der Waals surface area contributed by atoms with Crippen LogP contribution >= 0.6 is 11.3 Å². The molecule has 1 amide bonds. The second-order valence-corrected chi connectivity index (χ2v) is 7.19. The Balaban J connectivity index is 1.52. The van der Waals surface area contributed by atoms with Gasteiger partial charge in [0, 0.05) is 16.3 Å². The normalized spacial score (nSPS) is 12.8. The van der Waals surface area contributed by atoms with E-state index in [1.807, 2.05) is 36.4 Å². The molecule has 0 spiro atoms. The van der Waals surface area contributed by atoms with E-state index in [4.69, 9.17) is 0 Å². The first-order valence-electron chi connectivity index (χ1n) is 8.26. The van der Waals surface area contributed by atoms with E-state index in [1.165, 1.54) is 5.56 Å². The fourth-order valence-corrected chi connectivity index (χ4v) is 4.19. The molecule has 2 N–H and O–H groups in total. The van der Waals surface area contributed by atoms with Crippen LogP contribution in [0.5, 0.6) is 0 Å². The first-order chi connectivity index (χ1) is 12.8. The molecular weight excluding hydrogens is 344 g/mol. The second-order valence-electron chi connectivity index (χ2n) is 6.14. The maximum absolute atomic E-state index is 11.5. The second kappa shape index (κ2) is 5.93. The van der Waals surface area contributed by atoms with Gasteiger partial charge in [0.1, 0.15) is 6.33 Å². The van der Waals surface area contributed by atoms with Crippen LogP contribution < -0.4 is 10.6 Å². The van der Waals surface area contributed by atoms with Crippen molar-refractivity contribution in [1.82, 2.24) is 9.97 Å². The van der Waals surface area contributed by atoms with Crippen molar-refractivity contribution in [2.45, 2.75) is 6.42 Å². The third kappa shape index (κ3) is 2.60. The van der Waals surface area contributed by atoms with Crippen LogP contribution in [-0.4, -0.2) is 15.9 Å². The van der Waals surface area contributed by atoms with E-state index < -0.39 is 0 Å². The molecule has 26 heavy (non-hydrogen) atoms.